The minimum atomic E-state index is -1.13. The first kappa shape index (κ1) is 22.4. The normalized spacial score (nSPS) is 15.1. The second kappa shape index (κ2) is 11.2. The van der Waals surface area contributed by atoms with E-state index in [4.69, 9.17) is 9.47 Å². The average molecular weight is 404 g/mol. The molecule has 1 fully saturated rings. The maximum Gasteiger partial charge on any atom is 0.344 e. The molecule has 8 nitrogen and oxygen atoms in total. The standard InChI is InChI=1S/C21H28N2O6/c1-3-18(24)15-9-11-17(12-10-15)28-13-19(25)29-14(2)20(26)23-21(27)22-16-7-5-4-6-8-16/h9-12,14,16H,3-8,13H2,1-2H3,(H2,22,23,26,27)/t14-/m1/s1. The van der Waals surface area contributed by atoms with Crippen LogP contribution in [0.5, 0.6) is 5.75 Å². The van der Waals surface area contributed by atoms with Crippen molar-refractivity contribution >= 4 is 23.7 Å². The lowest BCUT2D eigenvalue weighted by molar-refractivity contribution is -0.156. The quantitative estimate of drug-likeness (QED) is 0.509. The fourth-order valence-electron chi connectivity index (χ4n) is 3.05. The highest BCUT2D eigenvalue weighted by Crippen LogP contribution is 2.17. The highest BCUT2D eigenvalue weighted by molar-refractivity contribution is 5.97. The Bertz CT molecular complexity index is 725. The first-order chi connectivity index (χ1) is 13.9. The van der Waals surface area contributed by atoms with Crippen molar-refractivity contribution in [2.24, 2.45) is 0 Å². The van der Waals surface area contributed by atoms with Crippen LogP contribution in [0.4, 0.5) is 4.79 Å². The average Bonchev–Trinajstić information content (AvgIpc) is 2.72. The molecule has 0 saturated heterocycles. The lowest BCUT2D eigenvalue weighted by atomic mass is 9.96. The van der Waals surface area contributed by atoms with Gasteiger partial charge >= 0.3 is 12.0 Å². The van der Waals surface area contributed by atoms with Crippen molar-refractivity contribution in [2.45, 2.75) is 64.5 Å². The number of esters is 1. The van der Waals surface area contributed by atoms with Gasteiger partial charge < -0.3 is 14.8 Å². The Kier molecular flexibility index (Phi) is 8.64. The summed E-state index contributed by atoms with van der Waals surface area (Å²) in [5, 5.41) is 4.95. The predicted molar refractivity (Wildman–Crippen MR) is 106 cm³/mol. The Morgan fingerprint density at radius 3 is 2.34 bits per heavy atom. The van der Waals surface area contributed by atoms with Crippen LogP contribution in [0.1, 0.15) is 62.7 Å². The molecule has 0 bridgehead atoms. The Morgan fingerprint density at radius 1 is 1.07 bits per heavy atom. The van der Waals surface area contributed by atoms with Crippen molar-refractivity contribution in [1.82, 2.24) is 10.6 Å². The fraction of sp³-hybridized carbons (Fsp3) is 0.524. The Balaban J connectivity index is 1.71. The van der Waals surface area contributed by atoms with Gasteiger partial charge in [-0.3, -0.25) is 14.9 Å². The van der Waals surface area contributed by atoms with E-state index in [1.165, 1.54) is 6.92 Å². The van der Waals surface area contributed by atoms with E-state index in [0.717, 1.165) is 32.1 Å². The number of carbonyl (C=O) groups is 4. The zero-order chi connectivity index (χ0) is 21.2. The summed E-state index contributed by atoms with van der Waals surface area (Å²) in [7, 11) is 0. The van der Waals surface area contributed by atoms with E-state index in [-0.39, 0.29) is 11.8 Å². The van der Waals surface area contributed by atoms with Crippen LogP contribution in [0.25, 0.3) is 0 Å². The number of rotatable bonds is 8. The molecule has 0 spiro atoms. The number of ether oxygens (including phenoxy) is 2. The van der Waals surface area contributed by atoms with E-state index in [9.17, 15) is 19.2 Å². The van der Waals surface area contributed by atoms with Crippen molar-refractivity contribution in [2.75, 3.05) is 6.61 Å². The summed E-state index contributed by atoms with van der Waals surface area (Å²) >= 11 is 0. The third kappa shape index (κ3) is 7.56. The topological polar surface area (TPSA) is 111 Å². The Labute approximate surface area is 170 Å². The number of carbonyl (C=O) groups excluding carboxylic acids is 4. The molecular formula is C21H28N2O6. The minimum Gasteiger partial charge on any atom is -0.482 e. The van der Waals surface area contributed by atoms with Crippen molar-refractivity contribution in [3.63, 3.8) is 0 Å². The van der Waals surface area contributed by atoms with Gasteiger partial charge in [-0.25, -0.2) is 9.59 Å². The molecule has 3 amide bonds. The maximum absolute atomic E-state index is 12.0. The highest BCUT2D eigenvalue weighted by atomic mass is 16.6. The summed E-state index contributed by atoms with van der Waals surface area (Å²) in [5.74, 6) is -1.02. The lowest BCUT2D eigenvalue weighted by Gasteiger charge is -2.23. The maximum atomic E-state index is 12.0. The van der Waals surface area contributed by atoms with Crippen LogP contribution in [0.3, 0.4) is 0 Å². The third-order valence-corrected chi connectivity index (χ3v) is 4.71. The van der Waals surface area contributed by atoms with Gasteiger partial charge in [0.05, 0.1) is 0 Å². The van der Waals surface area contributed by atoms with Crippen molar-refractivity contribution in [3.05, 3.63) is 29.8 Å². The Morgan fingerprint density at radius 2 is 1.72 bits per heavy atom. The molecule has 8 heteroatoms. The first-order valence-corrected chi connectivity index (χ1v) is 9.96. The van der Waals surface area contributed by atoms with Gasteiger partial charge in [-0.15, -0.1) is 0 Å². The molecule has 158 valence electrons. The van der Waals surface area contributed by atoms with E-state index >= 15 is 0 Å². The van der Waals surface area contributed by atoms with Crippen molar-refractivity contribution in [3.8, 4) is 5.75 Å². The number of hydrogen-bond donors (Lipinski definition) is 2. The highest BCUT2D eigenvalue weighted by Gasteiger charge is 2.22. The van der Waals surface area contributed by atoms with E-state index in [0.29, 0.717) is 17.7 Å². The summed E-state index contributed by atoms with van der Waals surface area (Å²) in [6.07, 6.45) is 4.36. The van der Waals surface area contributed by atoms with Crippen LogP contribution in [0, 0.1) is 0 Å². The van der Waals surface area contributed by atoms with Gasteiger partial charge in [-0.05, 0) is 44.0 Å². The molecule has 1 aliphatic rings. The van der Waals surface area contributed by atoms with Crippen LogP contribution < -0.4 is 15.4 Å². The molecule has 2 rings (SSSR count). The molecule has 1 aromatic rings. The summed E-state index contributed by atoms with van der Waals surface area (Å²) in [6.45, 7) is 2.76. The third-order valence-electron chi connectivity index (χ3n) is 4.71. The second-order valence-corrected chi connectivity index (χ2v) is 7.02. The number of ketones is 1. The van der Waals surface area contributed by atoms with Crippen LogP contribution in [-0.2, 0) is 14.3 Å². The summed E-state index contributed by atoms with van der Waals surface area (Å²) in [6, 6.07) is 5.90. The van der Waals surface area contributed by atoms with Gasteiger partial charge in [0, 0.05) is 18.0 Å². The molecule has 1 saturated carbocycles. The second-order valence-electron chi connectivity index (χ2n) is 7.02. The molecule has 29 heavy (non-hydrogen) atoms. The molecule has 0 radical (unpaired) electrons. The number of amides is 3. The summed E-state index contributed by atoms with van der Waals surface area (Å²) in [4.78, 5) is 47.4. The van der Waals surface area contributed by atoms with E-state index in [1.807, 2.05) is 0 Å². The molecule has 0 aromatic heterocycles. The molecule has 0 aliphatic heterocycles. The predicted octanol–water partition coefficient (Wildman–Crippen LogP) is 2.75. The first-order valence-electron chi connectivity index (χ1n) is 9.96. The van der Waals surface area contributed by atoms with Gasteiger partial charge in [0.2, 0.25) is 0 Å². The molecule has 1 aromatic carbocycles. The number of Topliss-reactive ketones (excluding diaryl/α,β-unsaturated/α-hetero) is 1. The molecule has 1 atom stereocenters. The zero-order valence-corrected chi connectivity index (χ0v) is 16.9. The fourth-order valence-corrected chi connectivity index (χ4v) is 3.05. The SMILES string of the molecule is CCC(=O)c1ccc(OCC(=O)O[C@H](C)C(=O)NC(=O)NC2CCCCC2)cc1. The zero-order valence-electron chi connectivity index (χ0n) is 16.9. The number of nitrogens with one attached hydrogen (secondary N) is 2. The van der Waals surface area contributed by atoms with Crippen molar-refractivity contribution < 1.29 is 28.7 Å². The molecular weight excluding hydrogens is 376 g/mol. The molecule has 0 unspecified atom stereocenters. The smallest absolute Gasteiger partial charge is 0.344 e. The van der Waals surface area contributed by atoms with Gasteiger partial charge in [0.1, 0.15) is 5.75 Å². The number of urea groups is 1. The minimum absolute atomic E-state index is 0.0170. The lowest BCUT2D eigenvalue weighted by Crippen LogP contribution is -2.48. The molecule has 0 heterocycles. The van der Waals surface area contributed by atoms with Crippen LogP contribution in [-0.4, -0.2) is 42.4 Å². The van der Waals surface area contributed by atoms with Gasteiger partial charge in [0.25, 0.3) is 5.91 Å². The van der Waals surface area contributed by atoms with Crippen LogP contribution in [0.15, 0.2) is 24.3 Å². The molecule has 1 aliphatic carbocycles. The largest absolute Gasteiger partial charge is 0.482 e. The summed E-state index contributed by atoms with van der Waals surface area (Å²) in [5.41, 5.74) is 0.569. The number of benzene rings is 1. The van der Waals surface area contributed by atoms with Gasteiger partial charge in [-0.2, -0.15) is 0 Å². The van der Waals surface area contributed by atoms with Crippen LogP contribution in [0.2, 0.25) is 0 Å². The monoisotopic (exact) mass is 404 g/mol. The number of imide groups is 1. The number of hydrogen-bond acceptors (Lipinski definition) is 6. The molecule has 2 N–H and O–H groups in total. The van der Waals surface area contributed by atoms with Gasteiger partial charge in [0.15, 0.2) is 18.5 Å². The van der Waals surface area contributed by atoms with Crippen molar-refractivity contribution in [1.29, 1.82) is 0 Å². The van der Waals surface area contributed by atoms with Crippen LogP contribution >= 0.6 is 0 Å². The van der Waals surface area contributed by atoms with E-state index < -0.39 is 30.6 Å². The Hall–Kier alpha value is -2.90. The summed E-state index contributed by atoms with van der Waals surface area (Å²) < 4.78 is 10.3. The van der Waals surface area contributed by atoms with E-state index in [2.05, 4.69) is 10.6 Å². The van der Waals surface area contributed by atoms with Gasteiger partial charge in [-0.1, -0.05) is 26.2 Å². The van der Waals surface area contributed by atoms with E-state index in [1.54, 1.807) is 31.2 Å².